The Morgan fingerprint density at radius 3 is 2.21 bits per heavy atom. The van der Waals surface area contributed by atoms with E-state index in [1.807, 2.05) is 77.1 Å². The van der Waals surface area contributed by atoms with Crippen LogP contribution >= 0.6 is 0 Å². The zero-order chi connectivity index (χ0) is 24.6. The first-order valence-corrected chi connectivity index (χ1v) is 10.9. The van der Waals surface area contributed by atoms with Gasteiger partial charge in [0.15, 0.2) is 0 Å². The summed E-state index contributed by atoms with van der Waals surface area (Å²) in [6.45, 7) is 9.61. The van der Waals surface area contributed by atoms with Gasteiger partial charge in [0.25, 0.3) is 5.56 Å². The third-order valence-electron chi connectivity index (χ3n) is 4.84. The first-order chi connectivity index (χ1) is 15.6. The number of unbranched alkanes of at least 4 members (excludes halogenated alkanes) is 1. The molecule has 0 saturated carbocycles. The first kappa shape index (κ1) is 25.7. The van der Waals surface area contributed by atoms with Crippen LogP contribution in [0, 0.1) is 13.8 Å². The van der Waals surface area contributed by atoms with E-state index in [1.54, 1.807) is 4.57 Å². The Bertz CT molecular complexity index is 1200. The molecule has 0 aliphatic heterocycles. The number of nitrogens with zero attached hydrogens (tertiary/aromatic N) is 2. The molecule has 33 heavy (non-hydrogen) atoms. The maximum absolute atomic E-state index is 13.3. The molecule has 3 aromatic rings. The summed E-state index contributed by atoms with van der Waals surface area (Å²) >= 11 is 0. The molecular weight excluding hydrogens is 420 g/mol. The third kappa shape index (κ3) is 7.51. The minimum atomic E-state index is -0.471. The van der Waals surface area contributed by atoms with Crippen molar-refractivity contribution >= 4 is 23.0 Å². The second-order valence-corrected chi connectivity index (χ2v) is 8.90. The van der Waals surface area contributed by atoms with Crippen molar-refractivity contribution in [3.8, 4) is 5.69 Å². The molecule has 0 N–H and O–H groups in total. The van der Waals surface area contributed by atoms with Gasteiger partial charge in [-0.3, -0.25) is 14.2 Å². The van der Waals surface area contributed by atoms with Crippen molar-refractivity contribution in [3.63, 3.8) is 0 Å². The number of rotatable bonds is 6. The van der Waals surface area contributed by atoms with E-state index in [9.17, 15) is 9.59 Å². The molecule has 0 saturated heterocycles. The van der Waals surface area contributed by atoms with Gasteiger partial charge >= 0.3 is 12.1 Å². The number of carbonyl (C=O) groups excluding carboxylic acids is 3. The quantitative estimate of drug-likeness (QED) is 0.406. The molecule has 0 radical (unpaired) electrons. The minimum Gasteiger partial charge on any atom is -0.460 e. The van der Waals surface area contributed by atoms with E-state index in [1.165, 1.54) is 0 Å². The lowest BCUT2D eigenvalue weighted by molar-refractivity contribution is -0.191. The Labute approximate surface area is 193 Å². The molecule has 0 bridgehead atoms. The highest BCUT2D eigenvalue weighted by Gasteiger charge is 2.16. The molecule has 0 unspecified atom stereocenters. The highest BCUT2D eigenvalue weighted by molar-refractivity contribution is 5.78. The molecule has 7 heteroatoms. The number of hydrogen-bond donors (Lipinski definition) is 0. The van der Waals surface area contributed by atoms with E-state index in [2.05, 4.69) is 0 Å². The molecule has 0 amide bonds. The van der Waals surface area contributed by atoms with Gasteiger partial charge in [-0.25, -0.2) is 4.98 Å². The maximum atomic E-state index is 13.3. The molecular formula is C26H30N2O5. The van der Waals surface area contributed by atoms with Crippen LogP contribution in [-0.2, 0) is 25.5 Å². The first-order valence-electron chi connectivity index (χ1n) is 10.9. The molecule has 0 aliphatic carbocycles. The van der Waals surface area contributed by atoms with Gasteiger partial charge in [0.2, 0.25) is 0 Å². The molecule has 0 spiro atoms. The summed E-state index contributed by atoms with van der Waals surface area (Å²) in [6.07, 6.45) is 2.65. The third-order valence-corrected chi connectivity index (χ3v) is 4.84. The second-order valence-electron chi connectivity index (χ2n) is 8.90. The molecule has 0 fully saturated rings. The predicted molar refractivity (Wildman–Crippen MR) is 125 cm³/mol. The SMILES string of the molecule is Cc1ccc(-n2c(CCCCC(=O)OC(C)(C)C)nc3cc(C)ccc3c2=O)cc1.O=C=O. The van der Waals surface area contributed by atoms with Gasteiger partial charge in [0.05, 0.1) is 16.6 Å². The predicted octanol–water partition coefficient (Wildman–Crippen LogP) is 4.47. The van der Waals surface area contributed by atoms with Gasteiger partial charge in [-0.1, -0.05) is 23.8 Å². The van der Waals surface area contributed by atoms with Crippen molar-refractivity contribution < 1.29 is 19.1 Å². The topological polar surface area (TPSA) is 95.3 Å². The summed E-state index contributed by atoms with van der Waals surface area (Å²) < 4.78 is 7.07. The molecule has 2 aromatic carbocycles. The fraction of sp³-hybridized carbons (Fsp3) is 0.385. The fourth-order valence-corrected chi connectivity index (χ4v) is 3.41. The number of fused-ring (bicyclic) bond motifs is 1. The van der Waals surface area contributed by atoms with Crippen LogP contribution in [0.5, 0.6) is 0 Å². The summed E-state index contributed by atoms with van der Waals surface area (Å²) in [4.78, 5) is 46.3. The molecule has 1 aromatic heterocycles. The summed E-state index contributed by atoms with van der Waals surface area (Å²) in [5, 5.41) is 0.610. The monoisotopic (exact) mass is 450 g/mol. The summed E-state index contributed by atoms with van der Waals surface area (Å²) in [7, 11) is 0. The Morgan fingerprint density at radius 1 is 1.00 bits per heavy atom. The number of carbonyl (C=O) groups is 1. The van der Waals surface area contributed by atoms with Crippen molar-refractivity contribution in [3.05, 3.63) is 69.8 Å². The number of benzene rings is 2. The zero-order valence-electron chi connectivity index (χ0n) is 19.8. The van der Waals surface area contributed by atoms with Gasteiger partial charge in [-0.2, -0.15) is 9.59 Å². The van der Waals surface area contributed by atoms with Crippen molar-refractivity contribution in [2.75, 3.05) is 0 Å². The Morgan fingerprint density at radius 2 is 1.61 bits per heavy atom. The maximum Gasteiger partial charge on any atom is 0.373 e. The van der Waals surface area contributed by atoms with Crippen molar-refractivity contribution in [1.29, 1.82) is 0 Å². The van der Waals surface area contributed by atoms with E-state index in [-0.39, 0.29) is 17.7 Å². The molecule has 7 nitrogen and oxygen atoms in total. The number of hydrogen-bond acceptors (Lipinski definition) is 6. The Kier molecular flexibility index (Phi) is 8.83. The van der Waals surface area contributed by atoms with E-state index in [4.69, 9.17) is 19.3 Å². The summed E-state index contributed by atoms with van der Waals surface area (Å²) in [6, 6.07) is 13.6. The van der Waals surface area contributed by atoms with E-state index in [0.717, 1.165) is 23.2 Å². The highest BCUT2D eigenvalue weighted by Crippen LogP contribution is 2.17. The summed E-state index contributed by atoms with van der Waals surface area (Å²) in [5.41, 5.74) is 3.19. The highest BCUT2D eigenvalue weighted by atomic mass is 16.6. The van der Waals surface area contributed by atoms with E-state index in [0.29, 0.717) is 36.0 Å². The van der Waals surface area contributed by atoms with Crippen LogP contribution in [0.4, 0.5) is 0 Å². The van der Waals surface area contributed by atoms with Crippen molar-refractivity contribution in [2.45, 2.75) is 65.9 Å². The Balaban J connectivity index is 0.00000122. The van der Waals surface area contributed by atoms with Crippen LogP contribution in [-0.4, -0.2) is 27.3 Å². The lowest BCUT2D eigenvalue weighted by Crippen LogP contribution is -2.24. The largest absolute Gasteiger partial charge is 0.460 e. The lowest BCUT2D eigenvalue weighted by Gasteiger charge is -2.19. The number of aryl methyl sites for hydroxylation is 3. The van der Waals surface area contributed by atoms with Crippen molar-refractivity contribution in [2.24, 2.45) is 0 Å². The molecule has 0 atom stereocenters. The number of esters is 1. The van der Waals surface area contributed by atoms with Crippen LogP contribution in [0.15, 0.2) is 47.3 Å². The van der Waals surface area contributed by atoms with Crippen LogP contribution in [0.2, 0.25) is 0 Å². The van der Waals surface area contributed by atoms with E-state index >= 15 is 0 Å². The minimum absolute atomic E-state index is 0.0639. The zero-order valence-corrected chi connectivity index (χ0v) is 19.8. The normalized spacial score (nSPS) is 10.8. The van der Waals surface area contributed by atoms with Gasteiger partial charge in [0, 0.05) is 12.8 Å². The standard InChI is InChI=1S/C25H30N2O3.CO2/c1-17-10-13-19(14-11-17)27-22(8-6-7-9-23(28)30-25(3,4)5)26-21-16-18(2)12-15-20(21)24(27)29;2-1-3/h10-16H,6-9H2,1-5H3;. The van der Waals surface area contributed by atoms with Crippen LogP contribution in [0.3, 0.4) is 0 Å². The summed E-state index contributed by atoms with van der Waals surface area (Å²) in [5.74, 6) is 0.520. The smallest absolute Gasteiger partial charge is 0.373 e. The Hall–Kier alpha value is -3.57. The average molecular weight is 451 g/mol. The lowest BCUT2D eigenvalue weighted by atomic mass is 10.1. The van der Waals surface area contributed by atoms with Gasteiger partial charge in [-0.15, -0.1) is 0 Å². The van der Waals surface area contributed by atoms with E-state index < -0.39 is 5.60 Å². The van der Waals surface area contributed by atoms with Crippen LogP contribution in [0.1, 0.15) is 57.0 Å². The number of ether oxygens (including phenoxy) is 1. The molecule has 1 heterocycles. The molecule has 174 valence electrons. The number of aromatic nitrogens is 2. The molecule has 0 aliphatic rings. The van der Waals surface area contributed by atoms with Crippen molar-refractivity contribution in [1.82, 2.24) is 9.55 Å². The fourth-order valence-electron chi connectivity index (χ4n) is 3.41. The van der Waals surface area contributed by atoms with Gasteiger partial charge in [0.1, 0.15) is 11.4 Å². The average Bonchev–Trinajstić information content (AvgIpc) is 2.71. The molecule has 3 rings (SSSR count). The van der Waals surface area contributed by atoms with Gasteiger partial charge < -0.3 is 4.74 Å². The second kappa shape index (κ2) is 11.3. The van der Waals surface area contributed by atoms with Crippen LogP contribution < -0.4 is 5.56 Å². The van der Waals surface area contributed by atoms with Gasteiger partial charge in [-0.05, 0) is 77.3 Å². The van der Waals surface area contributed by atoms with Crippen LogP contribution in [0.25, 0.3) is 16.6 Å².